The van der Waals surface area contributed by atoms with Crippen molar-refractivity contribution in [3.8, 4) is 10.8 Å². The molecule has 0 aliphatic rings. The van der Waals surface area contributed by atoms with E-state index in [4.69, 9.17) is 9.15 Å². The molecule has 0 bridgehead atoms. The van der Waals surface area contributed by atoms with E-state index >= 15 is 0 Å². The zero-order valence-corrected chi connectivity index (χ0v) is 19.9. The fourth-order valence-corrected chi connectivity index (χ4v) is 4.82. The summed E-state index contributed by atoms with van der Waals surface area (Å²) >= 11 is 2.66. The zero-order valence-electron chi connectivity index (χ0n) is 18.3. The van der Waals surface area contributed by atoms with Crippen molar-refractivity contribution in [1.82, 2.24) is 9.97 Å². The van der Waals surface area contributed by atoms with Crippen LogP contribution < -0.4 is 4.90 Å². The summed E-state index contributed by atoms with van der Waals surface area (Å²) in [6, 6.07) is 3.77. The average Bonchev–Trinajstić information content (AvgIpc) is 3.45. The van der Waals surface area contributed by atoms with Crippen LogP contribution in [0.5, 0.6) is 0 Å². The Morgan fingerprint density at radius 3 is 2.65 bits per heavy atom. The second-order valence-electron chi connectivity index (χ2n) is 7.11. The number of aryl methyl sites for hydroxylation is 2. The van der Waals surface area contributed by atoms with Gasteiger partial charge in [-0.05, 0) is 39.3 Å². The van der Waals surface area contributed by atoms with Gasteiger partial charge in [-0.25, -0.2) is 14.8 Å². The Balaban J connectivity index is 1.78. The van der Waals surface area contributed by atoms with E-state index in [0.717, 1.165) is 30.0 Å². The monoisotopic (exact) mass is 461 g/mol. The SMILES string of the molecule is CCCCCN(C(=O)Cc1csc(-c2ccc(C)o2)n1)c1nc(C)c(C(=O)OCC)s1. The van der Waals surface area contributed by atoms with Crippen molar-refractivity contribution in [1.29, 1.82) is 0 Å². The summed E-state index contributed by atoms with van der Waals surface area (Å²) in [5.41, 5.74) is 1.27. The Morgan fingerprint density at radius 2 is 1.97 bits per heavy atom. The van der Waals surface area contributed by atoms with Gasteiger partial charge in [-0.3, -0.25) is 9.69 Å². The fraction of sp³-hybridized carbons (Fsp3) is 0.455. The Morgan fingerprint density at radius 1 is 1.16 bits per heavy atom. The molecule has 3 aromatic rings. The molecule has 0 N–H and O–H groups in total. The van der Waals surface area contributed by atoms with E-state index in [0.29, 0.717) is 40.3 Å². The minimum Gasteiger partial charge on any atom is -0.462 e. The van der Waals surface area contributed by atoms with Crippen molar-refractivity contribution in [2.24, 2.45) is 0 Å². The lowest BCUT2D eigenvalue weighted by Gasteiger charge is -2.19. The highest BCUT2D eigenvalue weighted by Crippen LogP contribution is 2.29. The molecule has 0 saturated heterocycles. The third kappa shape index (κ3) is 5.80. The highest BCUT2D eigenvalue weighted by Gasteiger charge is 2.24. The quantitative estimate of drug-likeness (QED) is 0.296. The normalized spacial score (nSPS) is 11.0. The van der Waals surface area contributed by atoms with Crippen LogP contribution in [-0.4, -0.2) is 35.0 Å². The predicted octanol–water partition coefficient (Wildman–Crippen LogP) is 5.42. The van der Waals surface area contributed by atoms with Crippen molar-refractivity contribution < 1.29 is 18.7 Å². The molecule has 0 aromatic carbocycles. The molecule has 0 atom stereocenters. The van der Waals surface area contributed by atoms with Crippen LogP contribution in [-0.2, 0) is 16.0 Å². The molecule has 0 fully saturated rings. The van der Waals surface area contributed by atoms with Crippen molar-refractivity contribution in [3.05, 3.63) is 39.5 Å². The number of amides is 1. The first kappa shape index (κ1) is 23.1. The van der Waals surface area contributed by atoms with Gasteiger partial charge < -0.3 is 9.15 Å². The molecular weight excluding hydrogens is 434 g/mol. The van der Waals surface area contributed by atoms with Crippen molar-refractivity contribution >= 4 is 39.7 Å². The van der Waals surface area contributed by atoms with Gasteiger partial charge >= 0.3 is 5.97 Å². The van der Waals surface area contributed by atoms with Crippen LogP contribution in [0.2, 0.25) is 0 Å². The van der Waals surface area contributed by atoms with E-state index in [1.165, 1.54) is 22.7 Å². The van der Waals surface area contributed by atoms with Crippen LogP contribution in [0.15, 0.2) is 21.9 Å². The summed E-state index contributed by atoms with van der Waals surface area (Å²) in [5, 5.41) is 3.16. The number of anilines is 1. The van der Waals surface area contributed by atoms with Crippen LogP contribution >= 0.6 is 22.7 Å². The number of ether oxygens (including phenoxy) is 1. The number of hydrogen-bond donors (Lipinski definition) is 0. The van der Waals surface area contributed by atoms with Gasteiger partial charge in [0.05, 0.1) is 24.4 Å². The minimum atomic E-state index is -0.400. The fourth-order valence-electron chi connectivity index (χ4n) is 3.03. The highest BCUT2D eigenvalue weighted by atomic mass is 32.1. The van der Waals surface area contributed by atoms with Crippen LogP contribution in [0.3, 0.4) is 0 Å². The molecule has 31 heavy (non-hydrogen) atoms. The smallest absolute Gasteiger partial charge is 0.350 e. The largest absolute Gasteiger partial charge is 0.462 e. The molecule has 0 spiro atoms. The van der Waals surface area contributed by atoms with Crippen LogP contribution in [0, 0.1) is 13.8 Å². The lowest BCUT2D eigenvalue weighted by molar-refractivity contribution is -0.118. The summed E-state index contributed by atoms with van der Waals surface area (Å²) in [6.07, 6.45) is 3.09. The first-order valence-electron chi connectivity index (χ1n) is 10.4. The van der Waals surface area contributed by atoms with Gasteiger partial charge in [-0.15, -0.1) is 11.3 Å². The second-order valence-corrected chi connectivity index (χ2v) is 8.95. The summed E-state index contributed by atoms with van der Waals surface area (Å²) in [7, 11) is 0. The third-order valence-corrected chi connectivity index (χ3v) is 6.66. The number of furan rings is 1. The zero-order chi connectivity index (χ0) is 22.4. The summed E-state index contributed by atoms with van der Waals surface area (Å²) in [5.74, 6) is 1.03. The van der Waals surface area contributed by atoms with Gasteiger partial charge in [0.15, 0.2) is 15.9 Å². The van der Waals surface area contributed by atoms with E-state index in [2.05, 4.69) is 16.9 Å². The minimum absolute atomic E-state index is 0.0901. The van der Waals surface area contributed by atoms with Crippen molar-refractivity contribution in [2.45, 2.75) is 53.4 Å². The number of hydrogen-bond acceptors (Lipinski definition) is 8. The number of aromatic nitrogens is 2. The Labute approximate surface area is 190 Å². The van der Waals surface area contributed by atoms with Crippen molar-refractivity contribution in [3.63, 3.8) is 0 Å². The number of nitrogens with zero attached hydrogens (tertiary/aromatic N) is 3. The molecule has 166 valence electrons. The number of carbonyl (C=O) groups is 2. The maximum Gasteiger partial charge on any atom is 0.350 e. The molecule has 9 heteroatoms. The maximum atomic E-state index is 13.2. The molecule has 0 aliphatic heterocycles. The number of unbranched alkanes of at least 4 members (excludes halogenated alkanes) is 2. The molecule has 7 nitrogen and oxygen atoms in total. The molecular formula is C22H27N3O4S2. The molecule has 0 saturated carbocycles. The van der Waals surface area contributed by atoms with E-state index in [1.807, 2.05) is 24.4 Å². The Kier molecular flexibility index (Phi) is 7.97. The van der Waals surface area contributed by atoms with E-state index in [1.54, 1.807) is 18.7 Å². The summed E-state index contributed by atoms with van der Waals surface area (Å²) in [6.45, 7) is 8.38. The number of thiazole rings is 2. The Bertz CT molecular complexity index is 1040. The summed E-state index contributed by atoms with van der Waals surface area (Å²) in [4.78, 5) is 36.6. The summed E-state index contributed by atoms with van der Waals surface area (Å²) < 4.78 is 10.7. The molecule has 1 amide bonds. The molecule has 3 heterocycles. The predicted molar refractivity (Wildman–Crippen MR) is 123 cm³/mol. The van der Waals surface area contributed by atoms with Crippen LogP contribution in [0.4, 0.5) is 5.13 Å². The number of carbonyl (C=O) groups excluding carboxylic acids is 2. The van der Waals surface area contributed by atoms with Crippen LogP contribution in [0.1, 0.15) is 59.9 Å². The van der Waals surface area contributed by atoms with E-state index in [9.17, 15) is 9.59 Å². The molecule has 0 unspecified atom stereocenters. The first-order chi connectivity index (χ1) is 14.9. The average molecular weight is 462 g/mol. The molecule has 0 radical (unpaired) electrons. The number of esters is 1. The lowest BCUT2D eigenvalue weighted by atomic mass is 10.2. The van der Waals surface area contributed by atoms with Gasteiger partial charge in [-0.2, -0.15) is 0 Å². The maximum absolute atomic E-state index is 13.2. The van der Waals surface area contributed by atoms with Gasteiger partial charge in [0, 0.05) is 11.9 Å². The first-order valence-corrected chi connectivity index (χ1v) is 12.1. The number of rotatable bonds is 10. The van der Waals surface area contributed by atoms with Gasteiger partial charge in [-0.1, -0.05) is 31.1 Å². The molecule has 0 aliphatic carbocycles. The van der Waals surface area contributed by atoms with Gasteiger partial charge in [0.1, 0.15) is 10.6 Å². The van der Waals surface area contributed by atoms with Crippen molar-refractivity contribution in [2.75, 3.05) is 18.1 Å². The van der Waals surface area contributed by atoms with Crippen LogP contribution in [0.25, 0.3) is 10.8 Å². The Hall–Kier alpha value is -2.52. The second kappa shape index (κ2) is 10.7. The third-order valence-electron chi connectivity index (χ3n) is 4.60. The molecule has 3 rings (SSSR count). The van der Waals surface area contributed by atoms with Gasteiger partial charge in [0.2, 0.25) is 5.91 Å². The lowest BCUT2D eigenvalue weighted by Crippen LogP contribution is -2.33. The van der Waals surface area contributed by atoms with E-state index < -0.39 is 5.97 Å². The topological polar surface area (TPSA) is 85.5 Å². The highest BCUT2D eigenvalue weighted by molar-refractivity contribution is 7.17. The van der Waals surface area contributed by atoms with E-state index in [-0.39, 0.29) is 12.3 Å². The standard InChI is InChI=1S/C22H27N3O4S2/c1-5-7-8-11-25(22-23-15(4)19(31-22)21(27)28-6-2)18(26)12-16-13-30-20(24-16)17-10-9-14(3)29-17/h9-10,13H,5-8,11-12H2,1-4H3. The van der Waals surface area contributed by atoms with Gasteiger partial charge in [0.25, 0.3) is 0 Å². The molecule has 3 aromatic heterocycles.